The molecule has 23 heavy (non-hydrogen) atoms. The van der Waals surface area contributed by atoms with E-state index in [1.165, 1.54) is 5.56 Å². The molecule has 1 unspecified atom stereocenters. The third-order valence-electron chi connectivity index (χ3n) is 4.35. The molecule has 0 aliphatic carbocycles. The first kappa shape index (κ1) is 18.1. The monoisotopic (exact) mass is 339 g/mol. The highest BCUT2D eigenvalue weighted by Gasteiger charge is 2.34. The third kappa shape index (κ3) is 5.71. The van der Waals surface area contributed by atoms with E-state index in [1.807, 2.05) is 18.2 Å². The van der Waals surface area contributed by atoms with E-state index in [4.69, 9.17) is 0 Å². The normalized spacial score (nSPS) is 19.6. The van der Waals surface area contributed by atoms with Gasteiger partial charge in [-0.15, -0.1) is 0 Å². The van der Waals surface area contributed by atoms with E-state index in [1.54, 1.807) is 0 Å². The number of hydrogen-bond donors (Lipinski definition) is 1. The van der Waals surface area contributed by atoms with Gasteiger partial charge in [-0.2, -0.15) is 12.7 Å². The van der Waals surface area contributed by atoms with Crippen molar-refractivity contribution in [2.24, 2.45) is 0 Å². The zero-order chi connectivity index (χ0) is 16.7. The maximum Gasteiger partial charge on any atom is 0.336 e. The number of nitrogens with zero attached hydrogens (tertiary/aromatic N) is 1. The fraction of sp³-hybridized carbons (Fsp3) is 0.588. The van der Waals surface area contributed by atoms with Gasteiger partial charge in [0.05, 0.1) is 6.04 Å². The molecule has 0 saturated carbocycles. The third-order valence-corrected chi connectivity index (χ3v) is 5.38. The van der Waals surface area contributed by atoms with Crippen LogP contribution in [0.2, 0.25) is 0 Å². The van der Waals surface area contributed by atoms with Crippen molar-refractivity contribution in [3.63, 3.8) is 0 Å². The van der Waals surface area contributed by atoms with Gasteiger partial charge in [-0.05, 0) is 37.7 Å². The van der Waals surface area contributed by atoms with Gasteiger partial charge in [-0.1, -0.05) is 43.2 Å². The van der Waals surface area contributed by atoms with Crippen molar-refractivity contribution in [3.05, 3.63) is 35.9 Å². The van der Waals surface area contributed by atoms with Crippen molar-refractivity contribution in [1.82, 2.24) is 4.31 Å². The molecular weight excluding hydrogens is 314 g/mol. The van der Waals surface area contributed by atoms with Gasteiger partial charge in [0, 0.05) is 13.0 Å². The largest absolute Gasteiger partial charge is 0.336 e. The molecule has 1 fully saturated rings. The fourth-order valence-corrected chi connectivity index (χ4v) is 4.02. The molecule has 2 rings (SSSR count). The number of unbranched alkanes of at least 4 members (excludes halogenated alkanes) is 2. The summed E-state index contributed by atoms with van der Waals surface area (Å²) in [6, 6.07) is 9.55. The summed E-state index contributed by atoms with van der Waals surface area (Å²) in [4.78, 5) is 12.3. The molecule has 0 bridgehead atoms. The topological polar surface area (TPSA) is 74.7 Å². The molecule has 1 aliphatic heterocycles. The highest BCUT2D eigenvalue weighted by molar-refractivity contribution is 7.83. The van der Waals surface area contributed by atoms with E-state index in [9.17, 15) is 17.8 Å². The lowest BCUT2D eigenvalue weighted by Crippen LogP contribution is -2.47. The lowest BCUT2D eigenvalue weighted by molar-refractivity contribution is -0.123. The quantitative estimate of drug-likeness (QED) is 0.583. The fourth-order valence-electron chi connectivity index (χ4n) is 3.12. The van der Waals surface area contributed by atoms with Gasteiger partial charge in [-0.3, -0.25) is 9.35 Å². The number of rotatable bonds is 8. The Hall–Kier alpha value is -1.24. The van der Waals surface area contributed by atoms with Gasteiger partial charge in [0.1, 0.15) is 0 Å². The SMILES string of the molecule is O=C(CCCCCc1ccccc1)C1CCCCN1S(=O)(=O)O. The highest BCUT2D eigenvalue weighted by atomic mass is 32.2. The van der Waals surface area contributed by atoms with Crippen molar-refractivity contribution in [2.75, 3.05) is 6.54 Å². The molecule has 6 heteroatoms. The van der Waals surface area contributed by atoms with Gasteiger partial charge in [-0.25, -0.2) is 0 Å². The summed E-state index contributed by atoms with van der Waals surface area (Å²) in [7, 11) is -4.28. The standard InChI is InChI=1S/C17H25NO4S/c19-17(16-12-7-8-14-18(16)23(20,21)22)13-6-2-5-11-15-9-3-1-4-10-15/h1,3-4,9-10,16H,2,5-8,11-14H2,(H,20,21,22). The number of piperidine rings is 1. The minimum Gasteiger partial charge on any atom is -0.298 e. The van der Waals surface area contributed by atoms with E-state index in [-0.39, 0.29) is 12.3 Å². The summed E-state index contributed by atoms with van der Waals surface area (Å²) in [5.41, 5.74) is 1.30. The van der Waals surface area contributed by atoms with Crippen molar-refractivity contribution < 1.29 is 17.8 Å². The maximum absolute atomic E-state index is 12.3. The molecule has 1 aromatic carbocycles. The second-order valence-electron chi connectivity index (χ2n) is 6.11. The van der Waals surface area contributed by atoms with Crippen LogP contribution in [0.3, 0.4) is 0 Å². The van der Waals surface area contributed by atoms with Crippen molar-refractivity contribution in [3.8, 4) is 0 Å². The van der Waals surface area contributed by atoms with Gasteiger partial charge in [0.15, 0.2) is 5.78 Å². The average molecular weight is 339 g/mol. The Bertz CT molecular complexity index is 600. The number of carbonyl (C=O) groups excluding carboxylic acids is 1. The number of ketones is 1. The minimum absolute atomic E-state index is 0.0676. The Morgan fingerprint density at radius 1 is 1.13 bits per heavy atom. The number of hydrogen-bond acceptors (Lipinski definition) is 3. The van der Waals surface area contributed by atoms with E-state index in [0.717, 1.165) is 36.4 Å². The molecule has 1 atom stereocenters. The number of aryl methyl sites for hydroxylation is 1. The lowest BCUT2D eigenvalue weighted by atomic mass is 9.97. The maximum atomic E-state index is 12.3. The van der Waals surface area contributed by atoms with E-state index in [0.29, 0.717) is 19.3 Å². The molecule has 1 aromatic rings. The van der Waals surface area contributed by atoms with Crippen LogP contribution in [0.15, 0.2) is 30.3 Å². The first-order valence-electron chi connectivity index (χ1n) is 8.29. The van der Waals surface area contributed by atoms with Crippen LogP contribution in [0.5, 0.6) is 0 Å². The molecule has 1 N–H and O–H groups in total. The van der Waals surface area contributed by atoms with Crippen LogP contribution in [0.1, 0.15) is 50.5 Å². The summed E-state index contributed by atoms with van der Waals surface area (Å²) in [5, 5.41) is 0. The molecular formula is C17H25NO4S. The average Bonchev–Trinajstić information content (AvgIpc) is 2.54. The molecule has 128 valence electrons. The second-order valence-corrected chi connectivity index (χ2v) is 7.48. The van der Waals surface area contributed by atoms with Crippen LogP contribution in [0.4, 0.5) is 0 Å². The van der Waals surface area contributed by atoms with E-state index < -0.39 is 16.3 Å². The first-order valence-corrected chi connectivity index (χ1v) is 9.69. The highest BCUT2D eigenvalue weighted by Crippen LogP contribution is 2.22. The Labute approximate surface area is 138 Å². The Morgan fingerprint density at radius 3 is 2.57 bits per heavy atom. The molecule has 1 saturated heterocycles. The predicted molar refractivity (Wildman–Crippen MR) is 89.5 cm³/mol. The van der Waals surface area contributed by atoms with Crippen LogP contribution >= 0.6 is 0 Å². The molecule has 0 amide bonds. The minimum atomic E-state index is -4.28. The van der Waals surface area contributed by atoms with E-state index >= 15 is 0 Å². The Balaban J connectivity index is 1.73. The van der Waals surface area contributed by atoms with Gasteiger partial charge in [0.25, 0.3) is 0 Å². The zero-order valence-corrected chi connectivity index (χ0v) is 14.2. The van der Waals surface area contributed by atoms with Crippen LogP contribution < -0.4 is 0 Å². The summed E-state index contributed by atoms with van der Waals surface area (Å²) >= 11 is 0. The number of carbonyl (C=O) groups is 1. The predicted octanol–water partition coefficient (Wildman–Crippen LogP) is 3.02. The molecule has 5 nitrogen and oxygen atoms in total. The van der Waals surface area contributed by atoms with Gasteiger partial charge in [0.2, 0.25) is 0 Å². The molecule has 0 spiro atoms. The smallest absolute Gasteiger partial charge is 0.298 e. The van der Waals surface area contributed by atoms with Crippen LogP contribution in [0, 0.1) is 0 Å². The molecule has 0 aromatic heterocycles. The van der Waals surface area contributed by atoms with Crippen LogP contribution in [0.25, 0.3) is 0 Å². The molecule has 1 aliphatic rings. The molecule has 0 radical (unpaired) electrons. The van der Waals surface area contributed by atoms with Crippen LogP contribution in [-0.2, 0) is 21.5 Å². The number of benzene rings is 1. The zero-order valence-electron chi connectivity index (χ0n) is 13.4. The van der Waals surface area contributed by atoms with Crippen molar-refractivity contribution in [2.45, 2.75) is 57.4 Å². The summed E-state index contributed by atoms with van der Waals surface area (Å²) in [5.74, 6) is -0.0676. The second kappa shape index (κ2) is 8.57. The summed E-state index contributed by atoms with van der Waals surface area (Å²) in [6.45, 7) is 0.239. The van der Waals surface area contributed by atoms with Crippen molar-refractivity contribution in [1.29, 1.82) is 0 Å². The molecule has 1 heterocycles. The Morgan fingerprint density at radius 2 is 1.87 bits per heavy atom. The van der Waals surface area contributed by atoms with Gasteiger partial charge >= 0.3 is 10.3 Å². The summed E-state index contributed by atoms with van der Waals surface area (Å²) < 4.78 is 32.9. The first-order chi connectivity index (χ1) is 11.0. The van der Waals surface area contributed by atoms with Crippen LogP contribution in [-0.4, -0.2) is 35.6 Å². The number of Topliss-reactive ketones (excluding diaryl/α,β-unsaturated/α-hetero) is 1. The van der Waals surface area contributed by atoms with E-state index in [2.05, 4.69) is 12.1 Å². The lowest BCUT2D eigenvalue weighted by Gasteiger charge is -2.31. The Kier molecular flexibility index (Phi) is 6.74. The van der Waals surface area contributed by atoms with Gasteiger partial charge < -0.3 is 0 Å². The summed E-state index contributed by atoms with van der Waals surface area (Å²) in [6.07, 6.45) is 6.14. The van der Waals surface area contributed by atoms with Crippen molar-refractivity contribution >= 4 is 16.1 Å².